The molecule has 22 heavy (non-hydrogen) atoms. The highest BCUT2D eigenvalue weighted by atomic mass is 16.6. The molecule has 1 aliphatic carbocycles. The van der Waals surface area contributed by atoms with Crippen LogP contribution in [-0.2, 0) is 11.2 Å². The van der Waals surface area contributed by atoms with Crippen molar-refractivity contribution in [2.75, 3.05) is 11.5 Å². The second-order valence-electron chi connectivity index (χ2n) is 6.21. The molecule has 0 aromatic heterocycles. The van der Waals surface area contributed by atoms with Crippen LogP contribution in [0, 0.1) is 0 Å². The summed E-state index contributed by atoms with van der Waals surface area (Å²) in [5.41, 5.74) is 2.75. The summed E-state index contributed by atoms with van der Waals surface area (Å²) in [4.78, 5) is 25.6. The number of aryl methyl sites for hydroxylation is 1. The van der Waals surface area contributed by atoms with Crippen molar-refractivity contribution in [1.29, 1.82) is 0 Å². The van der Waals surface area contributed by atoms with Gasteiger partial charge in [-0.15, -0.1) is 0 Å². The Balaban J connectivity index is 1.73. The van der Waals surface area contributed by atoms with Crippen molar-refractivity contribution in [2.45, 2.75) is 57.9 Å². The molecule has 1 unspecified atom stereocenters. The second kappa shape index (κ2) is 6.51. The van der Waals surface area contributed by atoms with Crippen molar-refractivity contribution in [3.63, 3.8) is 0 Å². The van der Waals surface area contributed by atoms with E-state index in [0.29, 0.717) is 13.0 Å². The second-order valence-corrected chi connectivity index (χ2v) is 6.21. The minimum Gasteiger partial charge on any atom is -0.447 e. The quantitative estimate of drug-likeness (QED) is 0.743. The van der Waals surface area contributed by atoms with Crippen LogP contribution in [0.3, 0.4) is 0 Å². The molecule has 1 heterocycles. The lowest BCUT2D eigenvalue weighted by Gasteiger charge is -2.22. The monoisotopic (exact) mass is 301 g/mol. The summed E-state index contributed by atoms with van der Waals surface area (Å²) >= 11 is 0. The van der Waals surface area contributed by atoms with Crippen LogP contribution >= 0.6 is 0 Å². The number of amides is 1. The van der Waals surface area contributed by atoms with Crippen molar-refractivity contribution < 1.29 is 14.3 Å². The normalized spacial score (nSPS) is 20.4. The lowest BCUT2D eigenvalue weighted by molar-refractivity contribution is 0.0994. The summed E-state index contributed by atoms with van der Waals surface area (Å²) in [6.07, 6.45) is 6.86. The van der Waals surface area contributed by atoms with Gasteiger partial charge in [0, 0.05) is 17.7 Å². The maximum atomic E-state index is 12.1. The van der Waals surface area contributed by atoms with E-state index in [1.165, 1.54) is 19.3 Å². The lowest BCUT2D eigenvalue weighted by Crippen LogP contribution is -2.33. The Morgan fingerprint density at radius 1 is 1.18 bits per heavy atom. The molecule has 4 heteroatoms. The molecule has 1 fully saturated rings. The molecule has 118 valence electrons. The van der Waals surface area contributed by atoms with Gasteiger partial charge >= 0.3 is 6.09 Å². The first kappa shape index (κ1) is 15.1. The molecule has 0 radical (unpaired) electrons. The summed E-state index contributed by atoms with van der Waals surface area (Å²) in [6.45, 7) is 2.67. The van der Waals surface area contributed by atoms with Crippen molar-refractivity contribution in [3.05, 3.63) is 29.3 Å². The third kappa shape index (κ3) is 2.87. The smallest absolute Gasteiger partial charge is 0.414 e. The molecule has 0 bridgehead atoms. The first-order chi connectivity index (χ1) is 10.7. The summed E-state index contributed by atoms with van der Waals surface area (Å²) in [5.74, 6) is 0.210. The zero-order valence-electron chi connectivity index (χ0n) is 13.1. The highest BCUT2D eigenvalue weighted by molar-refractivity contribution is 6.01. The van der Waals surface area contributed by atoms with Gasteiger partial charge in [0.1, 0.15) is 6.61 Å². The Labute approximate surface area is 131 Å². The standard InChI is InChI=1S/C18H23NO3/c1-2-3-4-5-6-15-12-22-18(21)19(15)14-8-9-16-13(11-14)7-10-17(16)20/h8-9,11,15H,2-7,10,12H2,1H3. The number of carbonyl (C=O) groups is 2. The van der Waals surface area contributed by atoms with Crippen LogP contribution in [-0.4, -0.2) is 24.5 Å². The van der Waals surface area contributed by atoms with Crippen molar-refractivity contribution in [2.24, 2.45) is 0 Å². The van der Waals surface area contributed by atoms with E-state index in [4.69, 9.17) is 4.74 Å². The minimum absolute atomic E-state index is 0.125. The van der Waals surface area contributed by atoms with E-state index in [-0.39, 0.29) is 17.9 Å². The molecule has 1 aromatic carbocycles. The fraction of sp³-hybridized carbons (Fsp3) is 0.556. The van der Waals surface area contributed by atoms with Gasteiger partial charge in [0.15, 0.2) is 5.78 Å². The molecular formula is C18H23NO3. The van der Waals surface area contributed by atoms with Crippen LogP contribution in [0.15, 0.2) is 18.2 Å². The molecule has 1 aliphatic heterocycles. The molecule has 3 rings (SSSR count). The van der Waals surface area contributed by atoms with Crippen molar-refractivity contribution in [3.8, 4) is 0 Å². The highest BCUT2D eigenvalue weighted by Gasteiger charge is 2.34. The number of cyclic esters (lactones) is 1. The molecule has 1 saturated heterocycles. The number of rotatable bonds is 6. The van der Waals surface area contributed by atoms with Gasteiger partial charge in [-0.2, -0.15) is 0 Å². The highest BCUT2D eigenvalue weighted by Crippen LogP contribution is 2.31. The third-order valence-corrected chi connectivity index (χ3v) is 4.64. The number of nitrogens with zero attached hydrogens (tertiary/aromatic N) is 1. The Kier molecular flexibility index (Phi) is 4.46. The zero-order valence-corrected chi connectivity index (χ0v) is 13.1. The molecule has 0 saturated carbocycles. The minimum atomic E-state index is -0.259. The number of benzene rings is 1. The topological polar surface area (TPSA) is 46.6 Å². The largest absolute Gasteiger partial charge is 0.447 e. The molecule has 1 amide bonds. The fourth-order valence-electron chi connectivity index (χ4n) is 3.39. The number of hydrogen-bond acceptors (Lipinski definition) is 3. The Morgan fingerprint density at radius 2 is 2.05 bits per heavy atom. The van der Waals surface area contributed by atoms with Crippen LogP contribution in [0.2, 0.25) is 0 Å². The van der Waals surface area contributed by atoms with Crippen LogP contribution in [0.4, 0.5) is 10.5 Å². The van der Waals surface area contributed by atoms with E-state index in [1.54, 1.807) is 4.90 Å². The van der Waals surface area contributed by atoms with Crippen LogP contribution in [0.25, 0.3) is 0 Å². The van der Waals surface area contributed by atoms with Gasteiger partial charge in [-0.05, 0) is 36.6 Å². The summed E-state index contributed by atoms with van der Waals surface area (Å²) in [6, 6.07) is 5.86. The predicted octanol–water partition coefficient (Wildman–Crippen LogP) is 4.11. The average molecular weight is 301 g/mol. The number of ether oxygens (including phenoxy) is 1. The van der Waals surface area contributed by atoms with Gasteiger partial charge in [0.25, 0.3) is 0 Å². The fourth-order valence-corrected chi connectivity index (χ4v) is 3.39. The van der Waals surface area contributed by atoms with Crippen molar-refractivity contribution in [1.82, 2.24) is 0 Å². The van der Waals surface area contributed by atoms with Gasteiger partial charge in [0.05, 0.1) is 6.04 Å². The molecular weight excluding hydrogens is 278 g/mol. The van der Waals surface area contributed by atoms with E-state index in [0.717, 1.165) is 36.1 Å². The van der Waals surface area contributed by atoms with E-state index in [9.17, 15) is 9.59 Å². The van der Waals surface area contributed by atoms with Crippen LogP contribution in [0.5, 0.6) is 0 Å². The summed E-state index contributed by atoms with van der Waals surface area (Å²) in [5, 5.41) is 0. The summed E-state index contributed by atoms with van der Waals surface area (Å²) in [7, 11) is 0. The third-order valence-electron chi connectivity index (χ3n) is 4.64. The Bertz CT molecular complexity index is 582. The number of Topliss-reactive ketones (excluding diaryl/α,β-unsaturated/α-hetero) is 1. The number of anilines is 1. The molecule has 1 atom stereocenters. The molecule has 0 spiro atoms. The number of unbranched alkanes of at least 4 members (excludes halogenated alkanes) is 3. The number of carbonyl (C=O) groups excluding carboxylic acids is 2. The average Bonchev–Trinajstić information content (AvgIpc) is 3.07. The zero-order chi connectivity index (χ0) is 15.5. The number of ketones is 1. The molecule has 0 N–H and O–H groups in total. The maximum Gasteiger partial charge on any atom is 0.414 e. The first-order valence-electron chi connectivity index (χ1n) is 8.33. The molecule has 4 nitrogen and oxygen atoms in total. The maximum absolute atomic E-state index is 12.1. The Hall–Kier alpha value is -1.84. The SMILES string of the molecule is CCCCCCC1COC(=O)N1c1ccc2c(c1)CCC2=O. The lowest BCUT2D eigenvalue weighted by atomic mass is 10.0. The number of hydrogen-bond donors (Lipinski definition) is 0. The van der Waals surface area contributed by atoms with E-state index < -0.39 is 0 Å². The van der Waals surface area contributed by atoms with E-state index >= 15 is 0 Å². The van der Waals surface area contributed by atoms with Gasteiger partial charge in [0.2, 0.25) is 0 Å². The Morgan fingerprint density at radius 3 is 2.86 bits per heavy atom. The number of fused-ring (bicyclic) bond motifs is 1. The first-order valence-corrected chi connectivity index (χ1v) is 8.33. The van der Waals surface area contributed by atoms with Gasteiger partial charge < -0.3 is 4.74 Å². The van der Waals surface area contributed by atoms with Crippen LogP contribution in [0.1, 0.15) is 61.4 Å². The van der Waals surface area contributed by atoms with Gasteiger partial charge in [-0.1, -0.05) is 32.6 Å². The van der Waals surface area contributed by atoms with Gasteiger partial charge in [-0.25, -0.2) is 4.79 Å². The van der Waals surface area contributed by atoms with E-state index in [2.05, 4.69) is 6.92 Å². The molecule has 1 aromatic rings. The molecule has 2 aliphatic rings. The predicted molar refractivity (Wildman–Crippen MR) is 85.5 cm³/mol. The summed E-state index contributed by atoms with van der Waals surface area (Å²) < 4.78 is 5.25. The van der Waals surface area contributed by atoms with E-state index in [1.807, 2.05) is 18.2 Å². The van der Waals surface area contributed by atoms with Gasteiger partial charge in [-0.3, -0.25) is 9.69 Å². The van der Waals surface area contributed by atoms with Crippen LogP contribution < -0.4 is 4.90 Å². The van der Waals surface area contributed by atoms with Crippen molar-refractivity contribution >= 4 is 17.6 Å².